The number of ether oxygens (including phenoxy) is 2. The molecule has 0 aromatic heterocycles. The van der Waals surface area contributed by atoms with E-state index in [-0.39, 0.29) is 44.6 Å². The first-order valence-electron chi connectivity index (χ1n) is 17.7. The molecule has 0 heterocycles. The lowest BCUT2D eigenvalue weighted by Crippen LogP contribution is -2.38. The smallest absolute Gasteiger partial charge is 0.264 e. The van der Waals surface area contributed by atoms with Crippen LogP contribution < -0.4 is 35.0 Å². The van der Waals surface area contributed by atoms with E-state index in [0.717, 1.165) is 4.31 Å². The second-order valence-corrected chi connectivity index (χ2v) is 15.3. The molecule has 6 rings (SSSR count). The van der Waals surface area contributed by atoms with Crippen LogP contribution >= 0.6 is 23.2 Å². The van der Waals surface area contributed by atoms with Gasteiger partial charge in [-0.25, -0.2) is 8.42 Å². The van der Waals surface area contributed by atoms with Gasteiger partial charge in [-0.05, 0) is 109 Å². The SMILES string of the molecule is COc1ccccc1N(CC(=O)Nc1ccccc1C(=O)Nc1ccc(Cl)cc1)S(=O)(=O)c1ccc(OCC(=O)Nc2ccccc2C(=O)Nc2ccc(Cl)cc2)cc1. The van der Waals surface area contributed by atoms with Crippen molar-refractivity contribution in [3.8, 4) is 11.5 Å². The van der Waals surface area contributed by atoms with Gasteiger partial charge in [-0.3, -0.25) is 23.5 Å². The summed E-state index contributed by atoms with van der Waals surface area (Å²) >= 11 is 11.9. The minimum Gasteiger partial charge on any atom is -0.495 e. The molecule has 0 radical (unpaired) electrons. The Kier molecular flexibility index (Phi) is 13.5. The van der Waals surface area contributed by atoms with Gasteiger partial charge in [0.25, 0.3) is 27.7 Å². The van der Waals surface area contributed by atoms with Crippen LogP contribution in [0, 0.1) is 0 Å². The van der Waals surface area contributed by atoms with E-state index in [1.165, 1.54) is 49.6 Å². The van der Waals surface area contributed by atoms with E-state index in [9.17, 15) is 27.6 Å². The number of rotatable bonds is 15. The maximum absolute atomic E-state index is 14.3. The second kappa shape index (κ2) is 19.0. The number of carbonyl (C=O) groups is 4. The number of methoxy groups -OCH3 is 1. The number of amides is 4. The number of nitrogens with zero attached hydrogens (tertiary/aromatic N) is 1. The van der Waals surface area contributed by atoms with Crippen molar-refractivity contribution in [2.24, 2.45) is 0 Å². The first-order chi connectivity index (χ1) is 28.4. The molecule has 0 spiro atoms. The number of sulfonamides is 1. The molecule has 300 valence electrons. The molecule has 0 saturated heterocycles. The molecule has 13 nitrogen and oxygen atoms in total. The highest BCUT2D eigenvalue weighted by atomic mass is 35.5. The van der Waals surface area contributed by atoms with Crippen LogP contribution in [0.3, 0.4) is 0 Å². The molecule has 16 heteroatoms. The van der Waals surface area contributed by atoms with E-state index in [2.05, 4.69) is 21.3 Å². The molecule has 0 aliphatic heterocycles. The summed E-state index contributed by atoms with van der Waals surface area (Å²) in [7, 11) is -3.08. The minimum absolute atomic E-state index is 0.0815. The van der Waals surface area contributed by atoms with Crippen molar-refractivity contribution in [1.29, 1.82) is 0 Å². The van der Waals surface area contributed by atoms with Crippen LogP contribution in [-0.2, 0) is 19.6 Å². The Hall–Kier alpha value is -6.87. The third kappa shape index (κ3) is 10.8. The molecule has 0 saturated carbocycles. The van der Waals surface area contributed by atoms with Crippen molar-refractivity contribution < 1.29 is 37.1 Å². The van der Waals surface area contributed by atoms with Gasteiger partial charge in [0.1, 0.15) is 18.0 Å². The van der Waals surface area contributed by atoms with Gasteiger partial charge >= 0.3 is 0 Å². The Morgan fingerprint density at radius 3 is 1.58 bits per heavy atom. The highest BCUT2D eigenvalue weighted by molar-refractivity contribution is 7.92. The van der Waals surface area contributed by atoms with Crippen molar-refractivity contribution >= 4 is 85.3 Å². The molecule has 6 aromatic carbocycles. The van der Waals surface area contributed by atoms with Gasteiger partial charge in [0.15, 0.2) is 6.61 Å². The third-order valence-electron chi connectivity index (χ3n) is 8.52. The van der Waals surface area contributed by atoms with E-state index in [4.69, 9.17) is 32.7 Å². The molecule has 0 bridgehead atoms. The number of anilines is 5. The molecule has 6 aromatic rings. The zero-order chi connectivity index (χ0) is 41.9. The van der Waals surface area contributed by atoms with Gasteiger partial charge < -0.3 is 30.7 Å². The third-order valence-corrected chi connectivity index (χ3v) is 10.8. The lowest BCUT2D eigenvalue weighted by molar-refractivity contribution is -0.118. The quantitative estimate of drug-likeness (QED) is 0.0798. The summed E-state index contributed by atoms with van der Waals surface area (Å²) in [6.07, 6.45) is 0. The fourth-order valence-electron chi connectivity index (χ4n) is 5.67. The van der Waals surface area contributed by atoms with Crippen LogP contribution in [0.25, 0.3) is 0 Å². The molecule has 0 aliphatic carbocycles. The standard InChI is InChI=1S/C43H35Cl2N5O8S/c1-57-39-13-7-6-12-38(39)50(26-40(51)48-36-10-4-2-8-34(36)42(53)46-30-18-14-28(44)15-19-30)59(55,56)33-24-22-32(23-25-33)58-27-41(52)49-37-11-5-3-9-35(37)43(54)47-31-20-16-29(45)17-21-31/h2-25H,26-27H2,1H3,(H,46,53)(H,47,54)(H,48,51)(H,49,52). The predicted octanol–water partition coefficient (Wildman–Crippen LogP) is 8.36. The van der Waals surface area contributed by atoms with Crippen LogP contribution in [0.15, 0.2) is 150 Å². The zero-order valence-corrected chi connectivity index (χ0v) is 33.5. The van der Waals surface area contributed by atoms with Crippen LogP contribution in [0.5, 0.6) is 11.5 Å². The summed E-state index contributed by atoms with van der Waals surface area (Å²) in [6.45, 7) is -1.17. The summed E-state index contributed by atoms with van der Waals surface area (Å²) < 4.78 is 40.5. The molecular weight excluding hydrogens is 817 g/mol. The Bertz CT molecular complexity index is 2590. The van der Waals surface area contributed by atoms with Crippen LogP contribution in [0.4, 0.5) is 28.4 Å². The molecule has 4 amide bonds. The number of nitrogens with one attached hydrogen (secondary N) is 4. The maximum atomic E-state index is 14.3. The van der Waals surface area contributed by atoms with Crippen molar-refractivity contribution in [2.75, 3.05) is 45.8 Å². The normalized spacial score (nSPS) is 10.8. The summed E-state index contributed by atoms with van der Waals surface area (Å²) in [5.41, 5.74) is 1.82. The maximum Gasteiger partial charge on any atom is 0.264 e. The number of carbonyl (C=O) groups excluding carboxylic acids is 4. The van der Waals surface area contributed by atoms with Gasteiger partial charge in [-0.15, -0.1) is 0 Å². The number of halogens is 2. The number of benzene rings is 6. The molecular formula is C43H35Cl2N5O8S. The van der Waals surface area contributed by atoms with Gasteiger partial charge in [0.05, 0.1) is 40.2 Å². The molecule has 59 heavy (non-hydrogen) atoms. The van der Waals surface area contributed by atoms with E-state index >= 15 is 0 Å². The molecule has 0 atom stereocenters. The van der Waals surface area contributed by atoms with Gasteiger partial charge in [-0.1, -0.05) is 59.6 Å². The Labute approximate surface area is 349 Å². The zero-order valence-electron chi connectivity index (χ0n) is 31.1. The highest BCUT2D eigenvalue weighted by Crippen LogP contribution is 2.33. The predicted molar refractivity (Wildman–Crippen MR) is 228 cm³/mol. The average molecular weight is 853 g/mol. The number of hydrogen-bond acceptors (Lipinski definition) is 8. The van der Waals surface area contributed by atoms with Crippen LogP contribution in [0.2, 0.25) is 10.0 Å². The van der Waals surface area contributed by atoms with Crippen LogP contribution in [0.1, 0.15) is 20.7 Å². The highest BCUT2D eigenvalue weighted by Gasteiger charge is 2.30. The second-order valence-electron chi connectivity index (χ2n) is 12.6. The van der Waals surface area contributed by atoms with Crippen molar-refractivity contribution in [3.63, 3.8) is 0 Å². The minimum atomic E-state index is -4.45. The molecule has 0 fully saturated rings. The van der Waals surface area contributed by atoms with E-state index < -0.39 is 46.8 Å². The largest absolute Gasteiger partial charge is 0.495 e. The van der Waals surface area contributed by atoms with Gasteiger partial charge in [-0.2, -0.15) is 0 Å². The average Bonchev–Trinajstić information content (AvgIpc) is 3.24. The van der Waals surface area contributed by atoms with E-state index in [1.54, 1.807) is 103 Å². The van der Waals surface area contributed by atoms with Gasteiger partial charge in [0, 0.05) is 21.4 Å². The fraction of sp³-hybridized carbons (Fsp3) is 0.0698. The van der Waals surface area contributed by atoms with Crippen molar-refractivity contribution in [3.05, 3.63) is 167 Å². The van der Waals surface area contributed by atoms with E-state index in [1.807, 2.05) is 0 Å². The number of hydrogen-bond donors (Lipinski definition) is 4. The Morgan fingerprint density at radius 1 is 0.576 bits per heavy atom. The molecule has 0 unspecified atom stereocenters. The molecule has 4 N–H and O–H groups in total. The van der Waals surface area contributed by atoms with Crippen LogP contribution in [-0.4, -0.2) is 52.3 Å². The Morgan fingerprint density at radius 2 is 1.05 bits per heavy atom. The first kappa shape index (κ1) is 41.8. The Balaban J connectivity index is 1.14. The number of para-hydroxylation sites is 4. The molecule has 0 aliphatic rings. The summed E-state index contributed by atoms with van der Waals surface area (Å²) in [4.78, 5) is 52.5. The lowest BCUT2D eigenvalue weighted by Gasteiger charge is -2.26. The van der Waals surface area contributed by atoms with Crippen molar-refractivity contribution in [1.82, 2.24) is 0 Å². The fourth-order valence-corrected chi connectivity index (χ4v) is 7.35. The van der Waals surface area contributed by atoms with E-state index in [0.29, 0.717) is 21.4 Å². The topological polar surface area (TPSA) is 172 Å². The summed E-state index contributed by atoms with van der Waals surface area (Å²) in [6, 6.07) is 37.4. The van der Waals surface area contributed by atoms with Gasteiger partial charge in [0.2, 0.25) is 5.91 Å². The monoisotopic (exact) mass is 851 g/mol. The summed E-state index contributed by atoms with van der Waals surface area (Å²) in [5.74, 6) is -1.95. The van der Waals surface area contributed by atoms with Crippen molar-refractivity contribution in [2.45, 2.75) is 4.90 Å². The lowest BCUT2D eigenvalue weighted by atomic mass is 10.1. The summed E-state index contributed by atoms with van der Waals surface area (Å²) in [5, 5.41) is 11.9. The first-order valence-corrected chi connectivity index (χ1v) is 19.9.